The van der Waals surface area contributed by atoms with Crippen molar-refractivity contribution in [3.63, 3.8) is 0 Å². The van der Waals surface area contributed by atoms with Crippen LogP contribution in [-0.2, 0) is 17.6 Å². The normalized spacial score (nSPS) is 12.4. The van der Waals surface area contributed by atoms with Gasteiger partial charge in [0.15, 0.2) is 11.5 Å². The summed E-state index contributed by atoms with van der Waals surface area (Å²) >= 11 is 0. The van der Waals surface area contributed by atoms with E-state index in [-0.39, 0.29) is 12.5 Å². The Morgan fingerprint density at radius 2 is 1.94 bits per heavy atom. The molecule has 0 atom stereocenters. The minimum Gasteiger partial charge on any atom is -0.496 e. The molecule has 0 fully saturated rings. The van der Waals surface area contributed by atoms with Crippen LogP contribution >= 0.6 is 0 Å². The van der Waals surface area contributed by atoms with E-state index in [1.165, 1.54) is 6.33 Å². The molecule has 1 aliphatic heterocycles. The fourth-order valence-electron chi connectivity index (χ4n) is 4.17. The van der Waals surface area contributed by atoms with Crippen molar-refractivity contribution >= 4 is 11.8 Å². The topological polar surface area (TPSA) is 112 Å². The number of ether oxygens (including phenoxy) is 4. The number of carboxylic acids is 1. The zero-order chi connectivity index (χ0) is 25.7. The van der Waals surface area contributed by atoms with Crippen molar-refractivity contribution in [2.24, 2.45) is 0 Å². The van der Waals surface area contributed by atoms with Crippen molar-refractivity contribution in [3.8, 4) is 34.3 Å². The van der Waals surface area contributed by atoms with Crippen LogP contribution in [0.1, 0.15) is 30.5 Å². The lowest BCUT2D eigenvalue weighted by Gasteiger charge is -2.23. The second-order valence-corrected chi connectivity index (χ2v) is 8.73. The number of aromatic nitrogens is 2. The molecule has 4 rings (SSSR count). The van der Waals surface area contributed by atoms with E-state index >= 15 is 0 Å². The highest BCUT2D eigenvalue weighted by Gasteiger charge is 2.21. The predicted molar refractivity (Wildman–Crippen MR) is 135 cm³/mol. The lowest BCUT2D eigenvalue weighted by Crippen LogP contribution is -2.17. The van der Waals surface area contributed by atoms with Gasteiger partial charge in [-0.1, -0.05) is 12.1 Å². The highest BCUT2D eigenvalue weighted by atomic mass is 16.6. The highest BCUT2D eigenvalue weighted by Crippen LogP contribution is 2.41. The number of nitrogens with zero attached hydrogens (tertiary/aromatic N) is 2. The van der Waals surface area contributed by atoms with Crippen molar-refractivity contribution in [3.05, 3.63) is 53.3 Å². The Morgan fingerprint density at radius 1 is 1.14 bits per heavy atom. The summed E-state index contributed by atoms with van der Waals surface area (Å²) in [6.45, 7) is 7.50. The maximum atomic E-state index is 11.2. The monoisotopic (exact) mass is 493 g/mol. The minimum atomic E-state index is -0.908. The second kappa shape index (κ2) is 11.2. The van der Waals surface area contributed by atoms with Gasteiger partial charge in [-0.05, 0) is 33.3 Å². The summed E-state index contributed by atoms with van der Waals surface area (Å²) in [6.07, 6.45) is 2.00. The molecule has 3 aromatic rings. The fraction of sp³-hybridized carbons (Fsp3) is 0.370. The molecule has 0 radical (unpaired) electrons. The van der Waals surface area contributed by atoms with Crippen LogP contribution in [-0.4, -0.2) is 54.0 Å². The lowest BCUT2D eigenvalue weighted by molar-refractivity contribution is -0.136. The number of benzene rings is 2. The average molecular weight is 494 g/mol. The molecule has 2 heterocycles. The van der Waals surface area contributed by atoms with E-state index in [1.807, 2.05) is 45.0 Å². The molecular formula is C27H31N3O6. The van der Waals surface area contributed by atoms with Crippen LogP contribution in [0, 0.1) is 6.92 Å². The number of methoxy groups -OCH3 is 1. The van der Waals surface area contributed by atoms with Crippen molar-refractivity contribution < 1.29 is 28.8 Å². The first-order valence-electron chi connectivity index (χ1n) is 11.9. The van der Waals surface area contributed by atoms with Crippen LogP contribution in [0.5, 0.6) is 23.0 Å². The number of fused-ring (bicyclic) bond motifs is 1. The summed E-state index contributed by atoms with van der Waals surface area (Å²) in [5, 5.41) is 12.6. The maximum Gasteiger partial charge on any atom is 0.307 e. The van der Waals surface area contributed by atoms with Gasteiger partial charge in [-0.15, -0.1) is 0 Å². The molecular weight excluding hydrogens is 462 g/mol. The van der Waals surface area contributed by atoms with Crippen LogP contribution in [0.4, 0.5) is 5.82 Å². The number of carbonyl (C=O) groups is 1. The molecule has 2 N–H and O–H groups in total. The molecule has 0 amide bonds. The molecule has 2 aromatic carbocycles. The first-order chi connectivity index (χ1) is 17.4. The van der Waals surface area contributed by atoms with E-state index in [9.17, 15) is 9.90 Å². The molecule has 190 valence electrons. The van der Waals surface area contributed by atoms with Gasteiger partial charge in [0, 0.05) is 40.9 Å². The molecule has 0 spiro atoms. The van der Waals surface area contributed by atoms with E-state index in [1.54, 1.807) is 13.2 Å². The summed E-state index contributed by atoms with van der Waals surface area (Å²) in [7, 11) is 1.65. The van der Waals surface area contributed by atoms with Crippen LogP contribution in [0.15, 0.2) is 36.7 Å². The molecule has 0 saturated carbocycles. The first kappa shape index (κ1) is 25.1. The van der Waals surface area contributed by atoms with Crippen molar-refractivity contribution in [2.45, 2.75) is 39.7 Å². The molecule has 1 aliphatic rings. The van der Waals surface area contributed by atoms with Gasteiger partial charge in [-0.2, -0.15) is 0 Å². The minimum absolute atomic E-state index is 0.0866. The maximum absolute atomic E-state index is 11.2. The number of rotatable bonds is 10. The zero-order valence-corrected chi connectivity index (χ0v) is 21.0. The highest BCUT2D eigenvalue weighted by molar-refractivity contribution is 5.73. The van der Waals surface area contributed by atoms with Crippen molar-refractivity contribution in [1.82, 2.24) is 9.97 Å². The lowest BCUT2D eigenvalue weighted by atomic mass is 10.0. The zero-order valence-electron chi connectivity index (χ0n) is 21.0. The van der Waals surface area contributed by atoms with Gasteiger partial charge in [0.05, 0.1) is 25.3 Å². The third kappa shape index (κ3) is 5.79. The standard InChI is InChI=1S/C27H31N3O6/c1-16(2)36-22-11-18(5-6-19(22)12-26(31)32)21-13-25(30-15-29-21)28-8-7-20-17(3)27-24(14-23(20)33-4)34-9-10-35-27/h5-6,11,13-16H,7-10,12H2,1-4H3,(H,31,32)(H,28,29,30). The molecule has 0 saturated heterocycles. The van der Waals surface area contributed by atoms with Gasteiger partial charge < -0.3 is 29.4 Å². The number of hydrogen-bond acceptors (Lipinski definition) is 8. The fourth-order valence-corrected chi connectivity index (χ4v) is 4.17. The van der Waals surface area contributed by atoms with E-state index in [0.717, 1.165) is 28.2 Å². The van der Waals surface area contributed by atoms with Crippen LogP contribution < -0.4 is 24.3 Å². The second-order valence-electron chi connectivity index (χ2n) is 8.73. The Labute approximate surface area is 210 Å². The van der Waals surface area contributed by atoms with Gasteiger partial charge in [0.2, 0.25) is 0 Å². The number of nitrogens with one attached hydrogen (secondary N) is 1. The average Bonchev–Trinajstić information content (AvgIpc) is 2.86. The van der Waals surface area contributed by atoms with Crippen molar-refractivity contribution in [1.29, 1.82) is 0 Å². The Hall–Kier alpha value is -4.01. The summed E-state index contributed by atoms with van der Waals surface area (Å²) in [5.41, 5.74) is 4.20. The first-order valence-corrected chi connectivity index (χ1v) is 11.9. The molecule has 36 heavy (non-hydrogen) atoms. The molecule has 0 aliphatic carbocycles. The van der Waals surface area contributed by atoms with Gasteiger partial charge in [0.1, 0.15) is 36.9 Å². The quantitative estimate of drug-likeness (QED) is 0.427. The third-order valence-electron chi connectivity index (χ3n) is 5.80. The number of aliphatic carboxylic acids is 1. The van der Waals surface area contributed by atoms with Crippen LogP contribution in [0.2, 0.25) is 0 Å². The Balaban J connectivity index is 1.50. The molecule has 9 heteroatoms. The summed E-state index contributed by atoms with van der Waals surface area (Å²) < 4.78 is 23.0. The molecule has 0 unspecified atom stereocenters. The Bertz CT molecular complexity index is 1240. The number of carboxylic acid groups (broad SMARTS) is 1. The predicted octanol–water partition coefficient (Wildman–Crippen LogP) is 4.30. The number of hydrogen-bond donors (Lipinski definition) is 2. The van der Waals surface area contributed by atoms with Gasteiger partial charge in [-0.25, -0.2) is 9.97 Å². The molecule has 0 bridgehead atoms. The summed E-state index contributed by atoms with van der Waals surface area (Å²) in [5.74, 6) is 2.56. The van der Waals surface area contributed by atoms with E-state index in [0.29, 0.717) is 54.8 Å². The van der Waals surface area contributed by atoms with E-state index in [4.69, 9.17) is 18.9 Å². The van der Waals surface area contributed by atoms with Crippen molar-refractivity contribution in [2.75, 3.05) is 32.2 Å². The SMILES string of the molecule is COc1cc2c(c(C)c1CCNc1cc(-c3ccc(CC(=O)O)c(OC(C)C)c3)ncn1)OCCO2. The molecule has 1 aromatic heterocycles. The van der Waals surface area contributed by atoms with Crippen LogP contribution in [0.25, 0.3) is 11.3 Å². The molecule has 9 nitrogen and oxygen atoms in total. The van der Waals surface area contributed by atoms with E-state index in [2.05, 4.69) is 15.3 Å². The van der Waals surface area contributed by atoms with E-state index < -0.39 is 5.97 Å². The van der Waals surface area contributed by atoms with Crippen LogP contribution in [0.3, 0.4) is 0 Å². The smallest absolute Gasteiger partial charge is 0.307 e. The number of anilines is 1. The summed E-state index contributed by atoms with van der Waals surface area (Å²) in [6, 6.07) is 9.19. The third-order valence-corrected chi connectivity index (χ3v) is 5.80. The summed E-state index contributed by atoms with van der Waals surface area (Å²) in [4.78, 5) is 20.0. The Morgan fingerprint density at radius 3 is 2.69 bits per heavy atom. The largest absolute Gasteiger partial charge is 0.496 e. The van der Waals surface area contributed by atoms with Gasteiger partial charge in [-0.3, -0.25) is 4.79 Å². The Kier molecular flexibility index (Phi) is 7.77. The van der Waals surface area contributed by atoms with Gasteiger partial charge in [0.25, 0.3) is 0 Å². The van der Waals surface area contributed by atoms with Gasteiger partial charge >= 0.3 is 5.97 Å².